The SMILES string of the molecule is CCNC(=NCC1CCCO1)NCCOCCC(C)C. The lowest BCUT2D eigenvalue weighted by Crippen LogP contribution is -2.39. The average molecular weight is 285 g/mol. The number of nitrogens with zero attached hydrogens (tertiary/aromatic N) is 1. The molecule has 1 heterocycles. The van der Waals surface area contributed by atoms with Gasteiger partial charge in [-0.15, -0.1) is 0 Å². The van der Waals surface area contributed by atoms with Crippen LogP contribution < -0.4 is 10.6 Å². The summed E-state index contributed by atoms with van der Waals surface area (Å²) in [4.78, 5) is 4.56. The first-order valence-corrected chi connectivity index (χ1v) is 7.94. The number of rotatable bonds is 9. The fourth-order valence-electron chi connectivity index (χ4n) is 1.99. The zero-order valence-corrected chi connectivity index (χ0v) is 13.3. The van der Waals surface area contributed by atoms with E-state index < -0.39 is 0 Å². The highest BCUT2D eigenvalue weighted by Gasteiger charge is 2.14. The van der Waals surface area contributed by atoms with Crippen LogP contribution in [0.25, 0.3) is 0 Å². The summed E-state index contributed by atoms with van der Waals surface area (Å²) in [6.07, 6.45) is 3.70. The molecule has 118 valence electrons. The summed E-state index contributed by atoms with van der Waals surface area (Å²) in [6, 6.07) is 0. The van der Waals surface area contributed by atoms with Crippen LogP contribution in [0.2, 0.25) is 0 Å². The Balaban J connectivity index is 2.12. The largest absolute Gasteiger partial charge is 0.380 e. The number of guanidine groups is 1. The summed E-state index contributed by atoms with van der Waals surface area (Å²) in [5.41, 5.74) is 0. The highest BCUT2D eigenvalue weighted by Crippen LogP contribution is 2.11. The molecule has 0 aromatic heterocycles. The maximum absolute atomic E-state index is 5.58. The molecule has 1 rings (SSSR count). The first-order chi connectivity index (χ1) is 9.72. The molecule has 0 bridgehead atoms. The van der Waals surface area contributed by atoms with Crippen LogP contribution in [0.5, 0.6) is 0 Å². The first-order valence-electron chi connectivity index (χ1n) is 7.94. The molecule has 0 amide bonds. The van der Waals surface area contributed by atoms with Crippen molar-refractivity contribution in [2.75, 3.05) is 39.5 Å². The lowest BCUT2D eigenvalue weighted by Gasteiger charge is -2.13. The second-order valence-corrected chi connectivity index (χ2v) is 5.58. The fourth-order valence-corrected chi connectivity index (χ4v) is 1.99. The number of aliphatic imine (C=N–C) groups is 1. The van der Waals surface area contributed by atoms with Crippen molar-refractivity contribution < 1.29 is 9.47 Å². The Bertz CT molecular complexity index is 264. The molecule has 1 aliphatic rings. The third-order valence-electron chi connectivity index (χ3n) is 3.20. The third-order valence-corrected chi connectivity index (χ3v) is 3.20. The Kier molecular flexibility index (Phi) is 9.41. The topological polar surface area (TPSA) is 54.9 Å². The summed E-state index contributed by atoms with van der Waals surface area (Å²) >= 11 is 0. The van der Waals surface area contributed by atoms with E-state index in [1.807, 2.05) is 0 Å². The van der Waals surface area contributed by atoms with E-state index >= 15 is 0 Å². The molecule has 0 spiro atoms. The Morgan fingerprint density at radius 3 is 2.85 bits per heavy atom. The minimum absolute atomic E-state index is 0.299. The van der Waals surface area contributed by atoms with Gasteiger partial charge in [0.25, 0.3) is 0 Å². The third kappa shape index (κ3) is 8.38. The molecule has 1 unspecified atom stereocenters. The standard InChI is InChI=1S/C15H31N3O2/c1-4-16-15(18-12-14-6-5-9-20-14)17-8-11-19-10-7-13(2)3/h13-14H,4-12H2,1-3H3,(H2,16,17,18). The van der Waals surface area contributed by atoms with Crippen LogP contribution >= 0.6 is 0 Å². The highest BCUT2D eigenvalue weighted by molar-refractivity contribution is 5.79. The summed E-state index contributed by atoms with van der Waals surface area (Å²) in [6.45, 7) is 11.3. The number of hydrogen-bond donors (Lipinski definition) is 2. The van der Waals surface area contributed by atoms with Crippen LogP contribution in [0.15, 0.2) is 4.99 Å². The van der Waals surface area contributed by atoms with Crippen LogP contribution in [0.3, 0.4) is 0 Å². The van der Waals surface area contributed by atoms with Gasteiger partial charge in [-0.3, -0.25) is 4.99 Å². The van der Waals surface area contributed by atoms with Crippen LogP contribution in [-0.2, 0) is 9.47 Å². The Labute approximate surface area is 123 Å². The normalized spacial score (nSPS) is 19.6. The molecule has 0 aromatic rings. The van der Waals surface area contributed by atoms with E-state index in [0.717, 1.165) is 64.7 Å². The van der Waals surface area contributed by atoms with Gasteiger partial charge < -0.3 is 20.1 Å². The lowest BCUT2D eigenvalue weighted by atomic mass is 10.1. The van der Waals surface area contributed by atoms with Gasteiger partial charge in [-0.05, 0) is 32.1 Å². The molecule has 2 N–H and O–H groups in total. The van der Waals surface area contributed by atoms with E-state index in [2.05, 4.69) is 36.4 Å². The molecule has 1 atom stereocenters. The zero-order valence-electron chi connectivity index (χ0n) is 13.3. The maximum atomic E-state index is 5.58. The molecule has 0 aromatic carbocycles. The van der Waals surface area contributed by atoms with E-state index in [0.29, 0.717) is 12.0 Å². The predicted molar refractivity (Wildman–Crippen MR) is 83.2 cm³/mol. The van der Waals surface area contributed by atoms with Gasteiger partial charge >= 0.3 is 0 Å². The molecule has 20 heavy (non-hydrogen) atoms. The molecular weight excluding hydrogens is 254 g/mol. The monoisotopic (exact) mass is 285 g/mol. The lowest BCUT2D eigenvalue weighted by molar-refractivity contribution is 0.117. The van der Waals surface area contributed by atoms with E-state index in [1.165, 1.54) is 0 Å². The minimum Gasteiger partial charge on any atom is -0.380 e. The van der Waals surface area contributed by atoms with Gasteiger partial charge in [-0.2, -0.15) is 0 Å². The van der Waals surface area contributed by atoms with Crippen molar-refractivity contribution >= 4 is 5.96 Å². The van der Waals surface area contributed by atoms with Crippen LogP contribution in [0, 0.1) is 5.92 Å². The second-order valence-electron chi connectivity index (χ2n) is 5.58. The minimum atomic E-state index is 0.299. The molecule has 5 nitrogen and oxygen atoms in total. The fraction of sp³-hybridized carbons (Fsp3) is 0.933. The van der Waals surface area contributed by atoms with Crippen molar-refractivity contribution in [2.45, 2.75) is 46.1 Å². The Hall–Kier alpha value is -0.810. The number of nitrogens with one attached hydrogen (secondary N) is 2. The highest BCUT2D eigenvalue weighted by atomic mass is 16.5. The van der Waals surface area contributed by atoms with E-state index in [9.17, 15) is 0 Å². The molecule has 5 heteroatoms. The predicted octanol–water partition coefficient (Wildman–Crippen LogP) is 1.78. The van der Waals surface area contributed by atoms with E-state index in [4.69, 9.17) is 9.47 Å². The molecule has 1 aliphatic heterocycles. The molecule has 0 saturated carbocycles. The van der Waals surface area contributed by atoms with Gasteiger partial charge in [0.1, 0.15) is 0 Å². The van der Waals surface area contributed by atoms with E-state index in [-0.39, 0.29) is 0 Å². The zero-order chi connectivity index (χ0) is 14.6. The molecule has 0 radical (unpaired) electrons. The average Bonchev–Trinajstić information content (AvgIpc) is 2.92. The number of hydrogen-bond acceptors (Lipinski definition) is 3. The van der Waals surface area contributed by atoms with Crippen LogP contribution in [-0.4, -0.2) is 51.5 Å². The van der Waals surface area contributed by atoms with Crippen LogP contribution in [0.1, 0.15) is 40.0 Å². The van der Waals surface area contributed by atoms with Gasteiger partial charge in [-0.25, -0.2) is 0 Å². The van der Waals surface area contributed by atoms with Crippen molar-refractivity contribution in [2.24, 2.45) is 10.9 Å². The maximum Gasteiger partial charge on any atom is 0.191 e. The quantitative estimate of drug-likeness (QED) is 0.385. The van der Waals surface area contributed by atoms with Gasteiger partial charge in [0, 0.05) is 26.3 Å². The van der Waals surface area contributed by atoms with Crippen molar-refractivity contribution in [3.05, 3.63) is 0 Å². The molecular formula is C15H31N3O2. The number of ether oxygens (including phenoxy) is 2. The molecule has 1 saturated heterocycles. The second kappa shape index (κ2) is 10.9. The van der Waals surface area contributed by atoms with Gasteiger partial charge in [0.2, 0.25) is 0 Å². The first kappa shape index (κ1) is 17.2. The Morgan fingerprint density at radius 2 is 2.20 bits per heavy atom. The van der Waals surface area contributed by atoms with Crippen LogP contribution in [0.4, 0.5) is 0 Å². The Morgan fingerprint density at radius 1 is 1.35 bits per heavy atom. The van der Waals surface area contributed by atoms with Crippen molar-refractivity contribution in [1.29, 1.82) is 0 Å². The van der Waals surface area contributed by atoms with Crippen molar-refractivity contribution in [1.82, 2.24) is 10.6 Å². The molecule has 1 fully saturated rings. The summed E-state index contributed by atoms with van der Waals surface area (Å²) in [5.74, 6) is 1.56. The summed E-state index contributed by atoms with van der Waals surface area (Å²) in [5, 5.41) is 6.53. The van der Waals surface area contributed by atoms with Crippen molar-refractivity contribution in [3.8, 4) is 0 Å². The van der Waals surface area contributed by atoms with E-state index in [1.54, 1.807) is 0 Å². The molecule has 0 aliphatic carbocycles. The van der Waals surface area contributed by atoms with Gasteiger partial charge in [0.15, 0.2) is 5.96 Å². The van der Waals surface area contributed by atoms with Gasteiger partial charge in [-0.1, -0.05) is 13.8 Å². The van der Waals surface area contributed by atoms with Crippen molar-refractivity contribution in [3.63, 3.8) is 0 Å². The van der Waals surface area contributed by atoms with Gasteiger partial charge in [0.05, 0.1) is 19.3 Å². The summed E-state index contributed by atoms with van der Waals surface area (Å²) in [7, 11) is 0. The smallest absolute Gasteiger partial charge is 0.191 e. The summed E-state index contributed by atoms with van der Waals surface area (Å²) < 4.78 is 11.2.